The highest BCUT2D eigenvalue weighted by Crippen LogP contribution is 2.30. The zero-order chi connectivity index (χ0) is 12.1. The van der Waals surface area contributed by atoms with E-state index in [4.69, 9.17) is 0 Å². The fourth-order valence-corrected chi connectivity index (χ4v) is 2.35. The van der Waals surface area contributed by atoms with Gasteiger partial charge >= 0.3 is 0 Å². The molecule has 17 heavy (non-hydrogen) atoms. The van der Waals surface area contributed by atoms with Crippen molar-refractivity contribution in [3.05, 3.63) is 11.6 Å². The fraction of sp³-hybridized carbons (Fsp3) is 0.846. The number of aromatic nitrogens is 3. The Morgan fingerprint density at radius 2 is 2.12 bits per heavy atom. The molecule has 4 nitrogen and oxygen atoms in total. The number of H-pyrrole nitrogens is 1. The van der Waals surface area contributed by atoms with Crippen LogP contribution in [0.5, 0.6) is 0 Å². The first-order valence-corrected chi connectivity index (χ1v) is 6.94. The molecule has 2 N–H and O–H groups in total. The van der Waals surface area contributed by atoms with Crippen molar-refractivity contribution in [3.8, 4) is 0 Å². The van der Waals surface area contributed by atoms with Crippen LogP contribution in [0.2, 0.25) is 0 Å². The second-order valence-electron chi connectivity index (χ2n) is 5.17. The molecule has 0 amide bonds. The molecule has 1 atom stereocenters. The third-order valence-corrected chi connectivity index (χ3v) is 3.75. The lowest BCUT2D eigenvalue weighted by atomic mass is 9.89. The van der Waals surface area contributed by atoms with Gasteiger partial charge < -0.3 is 5.32 Å². The lowest BCUT2D eigenvalue weighted by molar-refractivity contribution is 0.429. The second-order valence-corrected chi connectivity index (χ2v) is 5.17. The molecule has 0 saturated heterocycles. The Balaban J connectivity index is 1.86. The summed E-state index contributed by atoms with van der Waals surface area (Å²) in [5, 5.41) is 10.9. The molecule has 1 aliphatic carbocycles. The van der Waals surface area contributed by atoms with Gasteiger partial charge in [0.1, 0.15) is 5.82 Å². The van der Waals surface area contributed by atoms with Gasteiger partial charge in [-0.2, -0.15) is 5.10 Å². The van der Waals surface area contributed by atoms with Crippen LogP contribution in [0.1, 0.15) is 69.9 Å². The number of hydrogen-bond acceptors (Lipinski definition) is 3. The van der Waals surface area contributed by atoms with Gasteiger partial charge in [0, 0.05) is 12.0 Å². The summed E-state index contributed by atoms with van der Waals surface area (Å²) in [6.45, 7) is 5.18. The first kappa shape index (κ1) is 12.6. The third kappa shape index (κ3) is 3.53. The average molecular weight is 236 g/mol. The van der Waals surface area contributed by atoms with Gasteiger partial charge in [-0.25, -0.2) is 4.98 Å². The van der Waals surface area contributed by atoms with Crippen LogP contribution in [0, 0.1) is 0 Å². The Bertz CT molecular complexity index is 328. The van der Waals surface area contributed by atoms with E-state index in [1.54, 1.807) is 0 Å². The van der Waals surface area contributed by atoms with Gasteiger partial charge in [-0.15, -0.1) is 0 Å². The molecule has 1 unspecified atom stereocenters. The van der Waals surface area contributed by atoms with Gasteiger partial charge in [0.2, 0.25) is 0 Å². The smallest absolute Gasteiger partial charge is 0.153 e. The summed E-state index contributed by atoms with van der Waals surface area (Å²) in [6, 6.07) is 0.540. The van der Waals surface area contributed by atoms with Crippen molar-refractivity contribution in [2.75, 3.05) is 0 Å². The van der Waals surface area contributed by atoms with Gasteiger partial charge in [0.05, 0.1) is 6.54 Å². The molecule has 2 rings (SSSR count). The molecule has 0 aromatic carbocycles. The molecule has 1 heterocycles. The number of hydrogen-bond donors (Lipinski definition) is 2. The summed E-state index contributed by atoms with van der Waals surface area (Å²) in [6.07, 6.45) is 7.71. The van der Waals surface area contributed by atoms with Crippen LogP contribution in [0.25, 0.3) is 0 Å². The van der Waals surface area contributed by atoms with E-state index in [1.807, 2.05) is 0 Å². The molecule has 96 valence electrons. The minimum absolute atomic E-state index is 0.540. The van der Waals surface area contributed by atoms with E-state index in [9.17, 15) is 0 Å². The van der Waals surface area contributed by atoms with Crippen LogP contribution in [-0.2, 0) is 6.54 Å². The standard InChI is InChI=1S/C13H24N4/c1-3-10(2)14-9-12-15-13(17-16-12)11-7-5-4-6-8-11/h10-11,14H,3-9H2,1-2H3,(H,15,16,17). The molecule has 1 fully saturated rings. The van der Waals surface area contributed by atoms with Crippen molar-refractivity contribution in [1.82, 2.24) is 20.5 Å². The minimum Gasteiger partial charge on any atom is -0.307 e. The minimum atomic E-state index is 0.540. The molecule has 0 radical (unpaired) electrons. The quantitative estimate of drug-likeness (QED) is 0.826. The van der Waals surface area contributed by atoms with Gasteiger partial charge in [-0.3, -0.25) is 5.10 Å². The maximum Gasteiger partial charge on any atom is 0.153 e. The summed E-state index contributed by atoms with van der Waals surface area (Å²) in [5.41, 5.74) is 0. The first-order valence-electron chi connectivity index (χ1n) is 6.94. The second kappa shape index (κ2) is 6.15. The lowest BCUT2D eigenvalue weighted by Crippen LogP contribution is -2.25. The molecule has 1 aliphatic rings. The largest absolute Gasteiger partial charge is 0.307 e. The molecule has 0 bridgehead atoms. The highest BCUT2D eigenvalue weighted by molar-refractivity contribution is 4.99. The summed E-state index contributed by atoms with van der Waals surface area (Å²) in [4.78, 5) is 4.61. The van der Waals surface area contributed by atoms with E-state index >= 15 is 0 Å². The molecular weight excluding hydrogens is 212 g/mol. The fourth-order valence-electron chi connectivity index (χ4n) is 2.35. The predicted molar refractivity (Wildman–Crippen MR) is 68.8 cm³/mol. The van der Waals surface area contributed by atoms with E-state index in [1.165, 1.54) is 32.1 Å². The van der Waals surface area contributed by atoms with E-state index < -0.39 is 0 Å². The van der Waals surface area contributed by atoms with Crippen molar-refractivity contribution in [2.45, 2.75) is 70.9 Å². The maximum absolute atomic E-state index is 4.61. The zero-order valence-electron chi connectivity index (χ0n) is 11.0. The van der Waals surface area contributed by atoms with Crippen molar-refractivity contribution in [2.24, 2.45) is 0 Å². The van der Waals surface area contributed by atoms with Crippen LogP contribution >= 0.6 is 0 Å². The third-order valence-electron chi connectivity index (χ3n) is 3.75. The van der Waals surface area contributed by atoms with Gasteiger partial charge in [-0.05, 0) is 26.2 Å². The van der Waals surface area contributed by atoms with Crippen LogP contribution in [0.15, 0.2) is 0 Å². The van der Waals surface area contributed by atoms with Crippen LogP contribution < -0.4 is 5.32 Å². The number of nitrogens with zero attached hydrogens (tertiary/aromatic N) is 2. The zero-order valence-corrected chi connectivity index (χ0v) is 11.0. The molecular formula is C13H24N4. The Hall–Kier alpha value is -0.900. The number of rotatable bonds is 5. The Labute approximate surface area is 104 Å². The van der Waals surface area contributed by atoms with E-state index in [2.05, 4.69) is 34.3 Å². The van der Waals surface area contributed by atoms with Crippen LogP contribution in [0.3, 0.4) is 0 Å². The summed E-state index contributed by atoms with van der Waals surface area (Å²) in [7, 11) is 0. The average Bonchev–Trinajstić information content (AvgIpc) is 2.86. The molecule has 1 saturated carbocycles. The van der Waals surface area contributed by atoms with E-state index in [-0.39, 0.29) is 0 Å². The summed E-state index contributed by atoms with van der Waals surface area (Å²) in [5.74, 6) is 2.61. The highest BCUT2D eigenvalue weighted by atomic mass is 15.2. The van der Waals surface area contributed by atoms with Crippen molar-refractivity contribution in [3.63, 3.8) is 0 Å². The number of nitrogens with one attached hydrogen (secondary N) is 2. The first-order chi connectivity index (χ1) is 8.29. The maximum atomic E-state index is 4.61. The van der Waals surface area contributed by atoms with Crippen molar-refractivity contribution < 1.29 is 0 Å². The molecule has 0 aliphatic heterocycles. The van der Waals surface area contributed by atoms with Gasteiger partial charge in [0.15, 0.2) is 5.82 Å². The molecule has 4 heteroatoms. The summed E-state index contributed by atoms with van der Waals surface area (Å²) >= 11 is 0. The topological polar surface area (TPSA) is 53.6 Å². The van der Waals surface area contributed by atoms with Crippen LogP contribution in [-0.4, -0.2) is 21.2 Å². The lowest BCUT2D eigenvalue weighted by Gasteiger charge is -2.18. The van der Waals surface area contributed by atoms with Gasteiger partial charge in [0.25, 0.3) is 0 Å². The molecule has 0 spiro atoms. The van der Waals surface area contributed by atoms with E-state index in [0.29, 0.717) is 12.0 Å². The number of aromatic amines is 1. The Morgan fingerprint density at radius 3 is 2.82 bits per heavy atom. The highest BCUT2D eigenvalue weighted by Gasteiger charge is 2.19. The van der Waals surface area contributed by atoms with Crippen molar-refractivity contribution >= 4 is 0 Å². The monoisotopic (exact) mass is 236 g/mol. The Morgan fingerprint density at radius 1 is 1.35 bits per heavy atom. The van der Waals surface area contributed by atoms with Crippen LogP contribution in [0.4, 0.5) is 0 Å². The normalized spacial score (nSPS) is 19.4. The molecule has 1 aromatic heterocycles. The summed E-state index contributed by atoms with van der Waals surface area (Å²) < 4.78 is 0. The van der Waals surface area contributed by atoms with Gasteiger partial charge in [-0.1, -0.05) is 26.2 Å². The SMILES string of the molecule is CCC(C)NCc1nc(C2CCCCC2)n[nH]1. The van der Waals surface area contributed by atoms with E-state index in [0.717, 1.165) is 24.6 Å². The van der Waals surface area contributed by atoms with Crippen molar-refractivity contribution in [1.29, 1.82) is 0 Å². The Kier molecular flexibility index (Phi) is 4.54. The predicted octanol–water partition coefficient (Wildman–Crippen LogP) is 2.74. The molecule has 1 aromatic rings.